The molecule has 0 fully saturated rings. The Kier molecular flexibility index (Phi) is 3.48. The molecular formula is C13H10N4O3. The zero-order valence-corrected chi connectivity index (χ0v) is 10.5. The van der Waals surface area contributed by atoms with Crippen molar-refractivity contribution in [3.05, 3.63) is 47.5 Å². The Bertz CT molecular complexity index is 714. The van der Waals surface area contributed by atoms with Gasteiger partial charge in [-0.1, -0.05) is 6.07 Å². The van der Waals surface area contributed by atoms with E-state index in [1.807, 2.05) is 6.07 Å². The van der Waals surface area contributed by atoms with Crippen LogP contribution in [0.2, 0.25) is 0 Å². The van der Waals surface area contributed by atoms with Gasteiger partial charge >= 0.3 is 5.97 Å². The number of nitrogens with one attached hydrogen (secondary N) is 1. The number of nitrogens with zero attached hydrogens (tertiary/aromatic N) is 3. The van der Waals surface area contributed by atoms with Crippen molar-refractivity contribution in [3.63, 3.8) is 0 Å². The fourth-order valence-corrected chi connectivity index (χ4v) is 1.68. The first-order valence-electron chi connectivity index (χ1n) is 5.59. The van der Waals surface area contributed by atoms with E-state index in [9.17, 15) is 9.59 Å². The molecule has 7 heteroatoms. The molecule has 0 saturated heterocycles. The summed E-state index contributed by atoms with van der Waals surface area (Å²) in [6.45, 7) is 0. The smallest absolute Gasteiger partial charge is 0.354 e. The Morgan fingerprint density at radius 3 is 2.85 bits per heavy atom. The average Bonchev–Trinajstić information content (AvgIpc) is 2.95. The van der Waals surface area contributed by atoms with Crippen molar-refractivity contribution in [1.82, 2.24) is 9.97 Å². The number of imidazole rings is 1. The fourth-order valence-electron chi connectivity index (χ4n) is 1.68. The SMILES string of the molecule is CN(C(=O)c1nc[nH]c1C(=O)O)c1cccc(C#N)c1. The molecule has 20 heavy (non-hydrogen) atoms. The molecule has 1 heterocycles. The summed E-state index contributed by atoms with van der Waals surface area (Å²) in [6, 6.07) is 8.40. The van der Waals surface area contributed by atoms with Gasteiger partial charge in [0.15, 0.2) is 11.4 Å². The molecule has 0 saturated carbocycles. The molecule has 0 aliphatic rings. The molecule has 0 radical (unpaired) electrons. The van der Waals surface area contributed by atoms with E-state index in [0.29, 0.717) is 11.3 Å². The summed E-state index contributed by atoms with van der Waals surface area (Å²) < 4.78 is 0. The van der Waals surface area contributed by atoms with Crippen molar-refractivity contribution in [3.8, 4) is 6.07 Å². The standard InChI is InChI=1S/C13H10N4O3/c1-17(9-4-2-3-8(5-9)6-14)12(18)10-11(13(19)20)16-7-15-10/h2-5,7H,1H3,(H,15,16)(H,19,20). The maximum atomic E-state index is 12.2. The van der Waals surface area contributed by atoms with Crippen LogP contribution in [0.25, 0.3) is 0 Å². The van der Waals surface area contributed by atoms with E-state index in [1.54, 1.807) is 18.2 Å². The van der Waals surface area contributed by atoms with E-state index < -0.39 is 11.9 Å². The van der Waals surface area contributed by atoms with Gasteiger partial charge in [0.2, 0.25) is 0 Å². The zero-order chi connectivity index (χ0) is 14.7. The molecule has 100 valence electrons. The third kappa shape index (κ3) is 2.35. The molecular weight excluding hydrogens is 260 g/mol. The highest BCUT2D eigenvalue weighted by Gasteiger charge is 2.23. The first-order valence-corrected chi connectivity index (χ1v) is 5.59. The zero-order valence-electron chi connectivity index (χ0n) is 10.5. The predicted octanol–water partition coefficient (Wildman–Crippen LogP) is 1.26. The van der Waals surface area contributed by atoms with Crippen molar-refractivity contribution in [1.29, 1.82) is 5.26 Å². The van der Waals surface area contributed by atoms with Crippen LogP contribution in [0.15, 0.2) is 30.6 Å². The average molecular weight is 270 g/mol. The number of rotatable bonds is 3. The van der Waals surface area contributed by atoms with Crippen LogP contribution in [0.1, 0.15) is 26.5 Å². The number of H-pyrrole nitrogens is 1. The number of amides is 1. The molecule has 1 aromatic heterocycles. The van der Waals surface area contributed by atoms with Crippen molar-refractivity contribution in [2.75, 3.05) is 11.9 Å². The summed E-state index contributed by atoms with van der Waals surface area (Å²) in [4.78, 5) is 30.6. The van der Waals surface area contributed by atoms with E-state index in [-0.39, 0.29) is 11.4 Å². The lowest BCUT2D eigenvalue weighted by molar-refractivity contribution is 0.0686. The molecule has 1 aromatic carbocycles. The Morgan fingerprint density at radius 1 is 1.45 bits per heavy atom. The molecule has 2 aromatic rings. The van der Waals surface area contributed by atoms with Crippen molar-refractivity contribution >= 4 is 17.6 Å². The van der Waals surface area contributed by atoms with E-state index in [2.05, 4.69) is 9.97 Å². The minimum atomic E-state index is -1.26. The number of hydrogen-bond donors (Lipinski definition) is 2. The quantitative estimate of drug-likeness (QED) is 0.872. The van der Waals surface area contributed by atoms with Crippen LogP contribution in [-0.4, -0.2) is 34.0 Å². The normalized spacial score (nSPS) is 9.80. The summed E-state index contributed by atoms with van der Waals surface area (Å²) in [5.74, 6) is -1.83. The second-order valence-corrected chi connectivity index (χ2v) is 3.96. The van der Waals surface area contributed by atoms with Crippen LogP contribution in [0.4, 0.5) is 5.69 Å². The first-order chi connectivity index (χ1) is 9.54. The van der Waals surface area contributed by atoms with E-state index in [0.717, 1.165) is 6.33 Å². The maximum absolute atomic E-state index is 12.2. The van der Waals surface area contributed by atoms with Crippen molar-refractivity contribution in [2.45, 2.75) is 0 Å². The van der Waals surface area contributed by atoms with Gasteiger partial charge < -0.3 is 15.0 Å². The van der Waals surface area contributed by atoms with Gasteiger partial charge in [-0.2, -0.15) is 5.26 Å². The minimum absolute atomic E-state index is 0.178. The molecule has 1 amide bonds. The van der Waals surface area contributed by atoms with Gasteiger partial charge in [-0.3, -0.25) is 4.79 Å². The van der Waals surface area contributed by atoms with E-state index in [4.69, 9.17) is 10.4 Å². The summed E-state index contributed by atoms with van der Waals surface area (Å²) in [5.41, 5.74) is 0.441. The number of carboxylic acid groups (broad SMARTS) is 1. The van der Waals surface area contributed by atoms with Gasteiger partial charge in [0.05, 0.1) is 18.0 Å². The van der Waals surface area contributed by atoms with Crippen LogP contribution in [0.5, 0.6) is 0 Å². The topological polar surface area (TPSA) is 110 Å². The summed E-state index contributed by atoms with van der Waals surface area (Å²) in [5, 5.41) is 17.8. The molecule has 0 aliphatic carbocycles. The van der Waals surface area contributed by atoms with Crippen molar-refractivity contribution in [2.24, 2.45) is 0 Å². The maximum Gasteiger partial charge on any atom is 0.354 e. The molecule has 0 bridgehead atoms. The molecule has 0 spiro atoms. The van der Waals surface area contributed by atoms with Gasteiger partial charge in [-0.05, 0) is 18.2 Å². The van der Waals surface area contributed by atoms with Crippen LogP contribution >= 0.6 is 0 Å². The van der Waals surface area contributed by atoms with Gasteiger partial charge in [0.25, 0.3) is 5.91 Å². The predicted molar refractivity (Wildman–Crippen MR) is 69.4 cm³/mol. The molecule has 0 aliphatic heterocycles. The van der Waals surface area contributed by atoms with Gasteiger partial charge in [0.1, 0.15) is 0 Å². The molecule has 2 N–H and O–H groups in total. The number of hydrogen-bond acceptors (Lipinski definition) is 4. The van der Waals surface area contributed by atoms with Gasteiger partial charge in [-0.25, -0.2) is 9.78 Å². The number of aromatic carboxylic acids is 1. The number of carbonyl (C=O) groups is 2. The highest BCUT2D eigenvalue weighted by atomic mass is 16.4. The van der Waals surface area contributed by atoms with Crippen LogP contribution in [0.3, 0.4) is 0 Å². The van der Waals surface area contributed by atoms with Gasteiger partial charge in [-0.15, -0.1) is 0 Å². The molecule has 0 unspecified atom stereocenters. The third-order valence-electron chi connectivity index (χ3n) is 2.72. The number of aromatic nitrogens is 2. The van der Waals surface area contributed by atoms with Gasteiger partial charge in [0, 0.05) is 12.7 Å². The lowest BCUT2D eigenvalue weighted by atomic mass is 10.2. The van der Waals surface area contributed by atoms with E-state index in [1.165, 1.54) is 18.0 Å². The Hall–Kier alpha value is -3.14. The van der Waals surface area contributed by atoms with E-state index >= 15 is 0 Å². The van der Waals surface area contributed by atoms with Crippen molar-refractivity contribution < 1.29 is 14.7 Å². The minimum Gasteiger partial charge on any atom is -0.477 e. The summed E-state index contributed by atoms with van der Waals surface area (Å²) >= 11 is 0. The monoisotopic (exact) mass is 270 g/mol. The van der Waals surface area contributed by atoms with Crippen LogP contribution in [-0.2, 0) is 0 Å². The number of anilines is 1. The lowest BCUT2D eigenvalue weighted by Gasteiger charge is -2.16. The van der Waals surface area contributed by atoms with Crippen LogP contribution < -0.4 is 4.90 Å². The Morgan fingerprint density at radius 2 is 2.20 bits per heavy atom. The Labute approximate surface area is 114 Å². The first kappa shape index (κ1) is 13.3. The summed E-state index contributed by atoms with van der Waals surface area (Å²) in [6.07, 6.45) is 1.15. The summed E-state index contributed by atoms with van der Waals surface area (Å²) in [7, 11) is 1.49. The highest BCUT2D eigenvalue weighted by Crippen LogP contribution is 2.17. The fraction of sp³-hybridized carbons (Fsp3) is 0.0769. The number of aromatic amines is 1. The number of carboxylic acids is 1. The lowest BCUT2D eigenvalue weighted by Crippen LogP contribution is -2.28. The largest absolute Gasteiger partial charge is 0.477 e. The second kappa shape index (κ2) is 5.24. The number of benzene rings is 1. The Balaban J connectivity index is 2.35. The molecule has 0 atom stereocenters. The third-order valence-corrected chi connectivity index (χ3v) is 2.72. The molecule has 7 nitrogen and oxygen atoms in total. The number of nitriles is 1. The molecule has 2 rings (SSSR count). The highest BCUT2D eigenvalue weighted by molar-refractivity contribution is 6.09. The number of carbonyl (C=O) groups excluding carboxylic acids is 1. The van der Waals surface area contributed by atoms with Crippen LogP contribution in [0, 0.1) is 11.3 Å². The second-order valence-electron chi connectivity index (χ2n) is 3.96.